The van der Waals surface area contributed by atoms with Crippen LogP contribution in [0.25, 0.3) is 0 Å². The van der Waals surface area contributed by atoms with Crippen LogP contribution in [-0.4, -0.2) is 16.3 Å². The van der Waals surface area contributed by atoms with E-state index in [2.05, 4.69) is 10.4 Å². The monoisotopic (exact) mass is 297 g/mol. The second kappa shape index (κ2) is 6.30. The summed E-state index contributed by atoms with van der Waals surface area (Å²) in [5, 5.41) is 7.49. The molecule has 114 valence electrons. The van der Waals surface area contributed by atoms with Gasteiger partial charge in [-0.1, -0.05) is 19.1 Å². The fourth-order valence-electron chi connectivity index (χ4n) is 2.22. The van der Waals surface area contributed by atoms with Crippen LogP contribution in [0.3, 0.4) is 0 Å². The summed E-state index contributed by atoms with van der Waals surface area (Å²) in [7, 11) is 0. The average molecular weight is 297 g/mol. The number of aromatic nitrogens is 2. The van der Waals surface area contributed by atoms with Crippen molar-refractivity contribution in [1.29, 1.82) is 0 Å². The molecule has 0 fully saturated rings. The van der Waals surface area contributed by atoms with E-state index in [1.54, 1.807) is 10.7 Å². The van der Waals surface area contributed by atoms with Gasteiger partial charge in [-0.25, -0.2) is 0 Å². The van der Waals surface area contributed by atoms with E-state index in [0.29, 0.717) is 18.7 Å². The van der Waals surface area contributed by atoms with Crippen molar-refractivity contribution in [2.45, 2.75) is 32.6 Å². The van der Waals surface area contributed by atoms with Crippen LogP contribution in [0.1, 0.15) is 29.8 Å². The fourth-order valence-corrected chi connectivity index (χ4v) is 2.22. The van der Waals surface area contributed by atoms with E-state index in [0.717, 1.165) is 11.8 Å². The van der Waals surface area contributed by atoms with Gasteiger partial charge in [0.2, 0.25) is 0 Å². The van der Waals surface area contributed by atoms with Crippen LogP contribution >= 0.6 is 0 Å². The predicted octanol–water partition coefficient (Wildman–Crippen LogP) is 3.56. The van der Waals surface area contributed by atoms with E-state index in [1.807, 2.05) is 26.1 Å². The third-order valence-electron chi connectivity index (χ3n) is 3.21. The van der Waals surface area contributed by atoms with Gasteiger partial charge in [-0.2, -0.15) is 18.3 Å². The summed E-state index contributed by atoms with van der Waals surface area (Å²) in [6.45, 7) is 4.96. The van der Waals surface area contributed by atoms with Crippen LogP contribution in [0.2, 0.25) is 0 Å². The van der Waals surface area contributed by atoms with E-state index in [4.69, 9.17) is 0 Å². The first-order valence-corrected chi connectivity index (χ1v) is 6.80. The van der Waals surface area contributed by atoms with Crippen LogP contribution < -0.4 is 5.32 Å². The van der Waals surface area contributed by atoms with Gasteiger partial charge in [0.25, 0.3) is 0 Å². The number of nitrogens with zero attached hydrogens (tertiary/aromatic N) is 2. The summed E-state index contributed by atoms with van der Waals surface area (Å²) in [5.41, 5.74) is 0.869. The molecule has 1 heterocycles. The molecule has 1 N–H and O–H groups in total. The maximum atomic E-state index is 12.8. The van der Waals surface area contributed by atoms with Gasteiger partial charge >= 0.3 is 6.18 Å². The molecule has 1 atom stereocenters. The predicted molar refractivity (Wildman–Crippen MR) is 74.8 cm³/mol. The number of likely N-dealkylation sites (N-methyl/N-ethyl adjacent to an activating group) is 1. The Labute approximate surface area is 121 Å². The lowest BCUT2D eigenvalue weighted by Gasteiger charge is -2.19. The third-order valence-corrected chi connectivity index (χ3v) is 3.21. The highest BCUT2D eigenvalue weighted by molar-refractivity contribution is 5.28. The molecule has 0 bridgehead atoms. The summed E-state index contributed by atoms with van der Waals surface area (Å²) < 4.78 is 40.2. The van der Waals surface area contributed by atoms with E-state index < -0.39 is 11.7 Å². The van der Waals surface area contributed by atoms with Gasteiger partial charge in [-0.3, -0.25) is 4.68 Å². The van der Waals surface area contributed by atoms with Crippen LogP contribution in [0, 0.1) is 6.92 Å². The molecular weight excluding hydrogens is 279 g/mol. The molecule has 0 saturated carbocycles. The third kappa shape index (κ3) is 4.07. The van der Waals surface area contributed by atoms with Crippen molar-refractivity contribution in [3.05, 3.63) is 53.3 Å². The van der Waals surface area contributed by atoms with Gasteiger partial charge in [0.15, 0.2) is 0 Å². The molecule has 6 heteroatoms. The van der Waals surface area contributed by atoms with Crippen molar-refractivity contribution in [2.75, 3.05) is 6.54 Å². The van der Waals surface area contributed by atoms with E-state index in [-0.39, 0.29) is 6.04 Å². The van der Waals surface area contributed by atoms with Crippen LogP contribution in [-0.2, 0) is 12.7 Å². The largest absolute Gasteiger partial charge is 0.416 e. The first kappa shape index (κ1) is 15.6. The number of nitrogens with one attached hydrogen (secondary N) is 1. The highest BCUT2D eigenvalue weighted by Gasteiger charge is 2.31. The number of aryl methyl sites for hydroxylation is 1. The number of benzene rings is 1. The molecule has 2 rings (SSSR count). The van der Waals surface area contributed by atoms with Crippen molar-refractivity contribution in [3.63, 3.8) is 0 Å². The Kier molecular flexibility index (Phi) is 4.67. The molecule has 3 nitrogen and oxygen atoms in total. The minimum Gasteiger partial charge on any atom is -0.309 e. The molecule has 1 unspecified atom stereocenters. The maximum Gasteiger partial charge on any atom is 0.416 e. The Morgan fingerprint density at radius 1 is 1.29 bits per heavy atom. The molecule has 0 amide bonds. The zero-order chi connectivity index (χ0) is 15.5. The Morgan fingerprint density at radius 2 is 2.05 bits per heavy atom. The summed E-state index contributed by atoms with van der Waals surface area (Å²) in [5.74, 6) is 0. The van der Waals surface area contributed by atoms with E-state index in [1.165, 1.54) is 12.1 Å². The van der Waals surface area contributed by atoms with Gasteiger partial charge in [0.05, 0.1) is 23.8 Å². The molecule has 0 aliphatic rings. The maximum absolute atomic E-state index is 12.8. The number of hydrogen-bond donors (Lipinski definition) is 1. The second-order valence-corrected chi connectivity index (χ2v) is 4.91. The minimum atomic E-state index is -4.32. The molecule has 2 aromatic rings. The lowest BCUT2D eigenvalue weighted by molar-refractivity contribution is -0.137. The Balaban J connectivity index is 2.25. The number of hydrogen-bond acceptors (Lipinski definition) is 2. The first-order chi connectivity index (χ1) is 9.90. The van der Waals surface area contributed by atoms with Gasteiger partial charge in [-0.15, -0.1) is 0 Å². The van der Waals surface area contributed by atoms with Crippen molar-refractivity contribution >= 4 is 0 Å². The van der Waals surface area contributed by atoms with E-state index >= 15 is 0 Å². The lowest BCUT2D eigenvalue weighted by atomic mass is 10.0. The summed E-state index contributed by atoms with van der Waals surface area (Å²) in [4.78, 5) is 0. The average Bonchev–Trinajstić information content (AvgIpc) is 2.83. The summed E-state index contributed by atoms with van der Waals surface area (Å²) >= 11 is 0. The molecule has 21 heavy (non-hydrogen) atoms. The molecule has 1 aromatic heterocycles. The molecular formula is C15H18F3N3. The van der Waals surface area contributed by atoms with Crippen molar-refractivity contribution in [2.24, 2.45) is 0 Å². The van der Waals surface area contributed by atoms with Crippen molar-refractivity contribution in [1.82, 2.24) is 15.1 Å². The number of alkyl halides is 3. The molecule has 0 aliphatic heterocycles. The van der Waals surface area contributed by atoms with Crippen LogP contribution in [0.5, 0.6) is 0 Å². The van der Waals surface area contributed by atoms with Gasteiger partial charge < -0.3 is 5.32 Å². The van der Waals surface area contributed by atoms with Crippen molar-refractivity contribution < 1.29 is 13.2 Å². The minimum absolute atomic E-state index is 0.211. The fraction of sp³-hybridized carbons (Fsp3) is 0.400. The summed E-state index contributed by atoms with van der Waals surface area (Å²) in [6, 6.07) is 7.09. The zero-order valence-electron chi connectivity index (χ0n) is 12.0. The van der Waals surface area contributed by atoms with Gasteiger partial charge in [0.1, 0.15) is 0 Å². The smallest absolute Gasteiger partial charge is 0.309 e. The molecule has 0 aliphatic carbocycles. The zero-order valence-corrected chi connectivity index (χ0v) is 12.0. The normalized spacial score (nSPS) is 13.4. The quantitative estimate of drug-likeness (QED) is 0.914. The standard InChI is InChI=1S/C15H18F3N3/c1-3-19-14(10-21-8-7-11(2)20-21)12-5-4-6-13(9-12)15(16,17)18/h4-9,14,19H,3,10H2,1-2H3. The van der Waals surface area contributed by atoms with Crippen LogP contribution in [0.4, 0.5) is 13.2 Å². The van der Waals surface area contributed by atoms with Gasteiger partial charge in [0, 0.05) is 6.20 Å². The topological polar surface area (TPSA) is 29.9 Å². The number of rotatable bonds is 5. The summed E-state index contributed by atoms with van der Waals surface area (Å²) in [6.07, 6.45) is -2.50. The Bertz CT molecular complexity index is 590. The second-order valence-electron chi connectivity index (χ2n) is 4.91. The van der Waals surface area contributed by atoms with Gasteiger partial charge in [-0.05, 0) is 37.2 Å². The first-order valence-electron chi connectivity index (χ1n) is 6.80. The highest BCUT2D eigenvalue weighted by Crippen LogP contribution is 2.31. The molecule has 0 spiro atoms. The Hall–Kier alpha value is -1.82. The Morgan fingerprint density at radius 3 is 2.62 bits per heavy atom. The molecule has 0 radical (unpaired) electrons. The van der Waals surface area contributed by atoms with E-state index in [9.17, 15) is 13.2 Å². The van der Waals surface area contributed by atoms with Crippen LogP contribution in [0.15, 0.2) is 36.5 Å². The highest BCUT2D eigenvalue weighted by atomic mass is 19.4. The molecule has 0 saturated heterocycles. The SMILES string of the molecule is CCNC(Cn1ccc(C)n1)c1cccc(C(F)(F)F)c1. The number of halogens is 3. The lowest BCUT2D eigenvalue weighted by Crippen LogP contribution is -2.26. The molecule has 1 aromatic carbocycles. The van der Waals surface area contributed by atoms with Crippen molar-refractivity contribution in [3.8, 4) is 0 Å².